The van der Waals surface area contributed by atoms with Crippen molar-refractivity contribution in [3.63, 3.8) is 0 Å². The normalized spacial score (nSPS) is 15.3. The molecule has 3 aromatic carbocycles. The second-order valence-corrected chi connectivity index (χ2v) is 8.43. The maximum Gasteiger partial charge on any atom is 0.286 e. The van der Waals surface area contributed by atoms with Crippen molar-refractivity contribution >= 4 is 67.2 Å². The number of aliphatic imine (C=N–C) groups is 1. The first-order valence-corrected chi connectivity index (χ1v) is 10.4. The van der Waals surface area contributed by atoms with Crippen molar-refractivity contribution in [2.75, 3.05) is 0 Å². The number of thioether (sulfide) groups is 1. The summed E-state index contributed by atoms with van der Waals surface area (Å²) >= 11 is 11.1. The number of nitrogens with two attached hydrogens (primary N) is 1. The summed E-state index contributed by atoms with van der Waals surface area (Å²) in [7, 11) is 0. The van der Waals surface area contributed by atoms with E-state index in [1.807, 2.05) is 30.3 Å². The van der Waals surface area contributed by atoms with Gasteiger partial charge in [-0.25, -0.2) is 0 Å². The molecule has 0 radical (unpaired) electrons. The van der Waals surface area contributed by atoms with Gasteiger partial charge in [-0.1, -0.05) is 54.1 Å². The lowest BCUT2D eigenvalue weighted by Gasteiger charge is -2.13. The van der Waals surface area contributed by atoms with Crippen LogP contribution in [0.25, 0.3) is 16.8 Å². The number of rotatable bonds is 4. The molecule has 0 atom stereocenters. The van der Waals surface area contributed by atoms with E-state index < -0.39 is 0 Å². The van der Waals surface area contributed by atoms with Gasteiger partial charge in [-0.3, -0.25) is 4.79 Å². The van der Waals surface area contributed by atoms with E-state index >= 15 is 0 Å². The first-order chi connectivity index (χ1) is 13.5. The van der Waals surface area contributed by atoms with Crippen LogP contribution in [0, 0.1) is 0 Å². The van der Waals surface area contributed by atoms with E-state index in [0.29, 0.717) is 26.8 Å². The number of fused-ring (bicyclic) bond motifs is 1. The molecule has 4 rings (SSSR count). The van der Waals surface area contributed by atoms with Gasteiger partial charge in [0.05, 0.1) is 14.4 Å². The average molecular weight is 474 g/mol. The Balaban J connectivity index is 1.57. The fourth-order valence-corrected chi connectivity index (χ4v) is 4.62. The van der Waals surface area contributed by atoms with Gasteiger partial charge in [-0.15, -0.1) is 0 Å². The third-order valence-electron chi connectivity index (χ3n) is 4.21. The van der Waals surface area contributed by atoms with Crippen molar-refractivity contribution in [1.29, 1.82) is 0 Å². The number of hydrogen-bond donors (Lipinski definition) is 1. The minimum atomic E-state index is -0.342. The highest BCUT2D eigenvalue weighted by Crippen LogP contribution is 2.37. The largest absolute Gasteiger partial charge is 0.486 e. The molecule has 0 aliphatic carbocycles. The average Bonchev–Trinajstić information content (AvgIpc) is 2.98. The molecule has 0 spiro atoms. The molecule has 0 unspecified atom stereocenters. The Bertz CT molecular complexity index is 1130. The zero-order chi connectivity index (χ0) is 19.7. The number of amidine groups is 1. The fraction of sp³-hybridized carbons (Fsp3) is 0.0476. The van der Waals surface area contributed by atoms with Gasteiger partial charge in [0.2, 0.25) is 0 Å². The molecule has 1 aliphatic heterocycles. The highest BCUT2D eigenvalue weighted by Gasteiger charge is 2.20. The molecule has 3 aromatic rings. The third kappa shape index (κ3) is 3.94. The van der Waals surface area contributed by atoms with Crippen LogP contribution in [0.2, 0.25) is 5.02 Å². The lowest BCUT2D eigenvalue weighted by atomic mass is 10.1. The quantitative estimate of drug-likeness (QED) is 0.489. The summed E-state index contributed by atoms with van der Waals surface area (Å²) in [5.74, 6) is 0.212. The number of nitrogens with zero attached hydrogens (tertiary/aromatic N) is 1. The van der Waals surface area contributed by atoms with Gasteiger partial charge >= 0.3 is 0 Å². The van der Waals surface area contributed by atoms with Crippen molar-refractivity contribution < 1.29 is 9.53 Å². The van der Waals surface area contributed by atoms with Gasteiger partial charge in [0, 0.05) is 0 Å². The molecule has 140 valence electrons. The first-order valence-electron chi connectivity index (χ1n) is 8.38. The number of amides is 1. The molecular formula is C21H14BrClN2O2S. The molecule has 1 heterocycles. The number of ether oxygens (including phenoxy) is 1. The number of carbonyl (C=O) groups is 1. The van der Waals surface area contributed by atoms with Gasteiger partial charge < -0.3 is 10.5 Å². The molecule has 0 bridgehead atoms. The summed E-state index contributed by atoms with van der Waals surface area (Å²) in [4.78, 5) is 15.9. The van der Waals surface area contributed by atoms with Crippen LogP contribution in [0.5, 0.6) is 5.75 Å². The van der Waals surface area contributed by atoms with E-state index in [4.69, 9.17) is 22.1 Å². The van der Waals surface area contributed by atoms with Crippen LogP contribution in [0.3, 0.4) is 0 Å². The SMILES string of the molecule is NC1=NC(=O)C(=Cc2cc(Cl)c(OCc3cccc4ccccc34)c(Br)c2)S1. The van der Waals surface area contributed by atoms with Crippen LogP contribution in [0.4, 0.5) is 0 Å². The highest BCUT2D eigenvalue weighted by molar-refractivity contribution is 9.10. The summed E-state index contributed by atoms with van der Waals surface area (Å²) in [6, 6.07) is 17.9. The molecule has 28 heavy (non-hydrogen) atoms. The second kappa shape index (κ2) is 7.99. The monoisotopic (exact) mass is 472 g/mol. The molecule has 0 saturated carbocycles. The fourth-order valence-electron chi connectivity index (χ4n) is 2.95. The van der Waals surface area contributed by atoms with Gasteiger partial charge in [-0.05, 0) is 67.8 Å². The van der Waals surface area contributed by atoms with Crippen LogP contribution in [0.1, 0.15) is 11.1 Å². The summed E-state index contributed by atoms with van der Waals surface area (Å²) < 4.78 is 6.72. The number of benzene rings is 3. The second-order valence-electron chi connectivity index (χ2n) is 6.11. The number of carbonyl (C=O) groups excluding carboxylic acids is 1. The highest BCUT2D eigenvalue weighted by atomic mass is 79.9. The third-order valence-corrected chi connectivity index (χ3v) is 5.89. The topological polar surface area (TPSA) is 64.7 Å². The Morgan fingerprint density at radius 3 is 2.71 bits per heavy atom. The van der Waals surface area contributed by atoms with Crippen molar-refractivity contribution in [3.05, 3.63) is 80.1 Å². The Labute approximate surface area is 179 Å². The predicted molar refractivity (Wildman–Crippen MR) is 120 cm³/mol. The lowest BCUT2D eigenvalue weighted by molar-refractivity contribution is -0.113. The van der Waals surface area contributed by atoms with Crippen molar-refractivity contribution in [2.24, 2.45) is 10.7 Å². The van der Waals surface area contributed by atoms with E-state index in [1.54, 1.807) is 12.1 Å². The molecule has 0 fully saturated rings. The molecule has 2 N–H and O–H groups in total. The van der Waals surface area contributed by atoms with Crippen LogP contribution in [-0.2, 0) is 11.4 Å². The predicted octanol–water partition coefficient (Wildman–Crippen LogP) is 5.76. The van der Waals surface area contributed by atoms with E-state index in [0.717, 1.165) is 33.7 Å². The molecule has 0 saturated heterocycles. The van der Waals surface area contributed by atoms with Crippen LogP contribution in [-0.4, -0.2) is 11.1 Å². The summed E-state index contributed by atoms with van der Waals surface area (Å²) in [6.07, 6.45) is 1.71. The first kappa shape index (κ1) is 19.1. The van der Waals surface area contributed by atoms with Gasteiger partial charge in [-0.2, -0.15) is 4.99 Å². The van der Waals surface area contributed by atoms with Gasteiger partial charge in [0.1, 0.15) is 6.61 Å². The van der Waals surface area contributed by atoms with Crippen LogP contribution >= 0.6 is 39.3 Å². The molecule has 4 nitrogen and oxygen atoms in total. The maximum atomic E-state index is 11.8. The van der Waals surface area contributed by atoms with Crippen LogP contribution in [0.15, 0.2) is 69.0 Å². The van der Waals surface area contributed by atoms with Crippen molar-refractivity contribution in [3.8, 4) is 5.75 Å². The number of hydrogen-bond acceptors (Lipinski definition) is 4. The van der Waals surface area contributed by atoms with Crippen molar-refractivity contribution in [1.82, 2.24) is 0 Å². The maximum absolute atomic E-state index is 11.8. The van der Waals surface area contributed by atoms with E-state index in [2.05, 4.69) is 39.1 Å². The molecule has 0 aromatic heterocycles. The van der Waals surface area contributed by atoms with Crippen molar-refractivity contribution in [2.45, 2.75) is 6.61 Å². The van der Waals surface area contributed by atoms with E-state index in [-0.39, 0.29) is 11.1 Å². The standard InChI is InChI=1S/C21H14BrClN2O2S/c22-16-8-12(10-18-20(26)25-21(24)28-18)9-17(23)19(16)27-11-14-6-3-5-13-4-1-2-7-15(13)14/h1-10H,11H2,(H2,24,25,26). The minimum Gasteiger partial charge on any atom is -0.486 e. The Hall–Kier alpha value is -2.28. The molecule has 1 aliphatic rings. The smallest absolute Gasteiger partial charge is 0.286 e. The Morgan fingerprint density at radius 1 is 1.18 bits per heavy atom. The molecule has 7 heteroatoms. The summed E-state index contributed by atoms with van der Waals surface area (Å²) in [6.45, 7) is 0.388. The molecule has 1 amide bonds. The lowest BCUT2D eigenvalue weighted by Crippen LogP contribution is -2.01. The summed E-state index contributed by atoms with van der Waals surface area (Å²) in [5.41, 5.74) is 7.42. The van der Waals surface area contributed by atoms with Crippen LogP contribution < -0.4 is 10.5 Å². The Kier molecular flexibility index (Phi) is 5.44. The molecular weight excluding hydrogens is 460 g/mol. The minimum absolute atomic E-state index is 0.247. The van der Waals surface area contributed by atoms with Gasteiger partial charge in [0.25, 0.3) is 5.91 Å². The zero-order valence-electron chi connectivity index (χ0n) is 14.5. The Morgan fingerprint density at radius 2 is 1.96 bits per heavy atom. The van der Waals surface area contributed by atoms with E-state index in [1.165, 1.54) is 0 Å². The number of halogens is 2. The summed E-state index contributed by atoms with van der Waals surface area (Å²) in [5, 5.41) is 3.01. The zero-order valence-corrected chi connectivity index (χ0v) is 17.6. The van der Waals surface area contributed by atoms with Gasteiger partial charge in [0.15, 0.2) is 10.9 Å². The van der Waals surface area contributed by atoms with E-state index in [9.17, 15) is 4.79 Å².